The lowest BCUT2D eigenvalue weighted by molar-refractivity contribution is -0.193. The summed E-state index contributed by atoms with van der Waals surface area (Å²) in [4.78, 5) is 55.1. The van der Waals surface area contributed by atoms with Crippen molar-refractivity contribution in [3.8, 4) is 0 Å². The summed E-state index contributed by atoms with van der Waals surface area (Å²) in [6, 6.07) is 8.71. The third-order valence-electron chi connectivity index (χ3n) is 4.31. The van der Waals surface area contributed by atoms with Crippen LogP contribution in [0, 0.1) is 31.4 Å². The van der Waals surface area contributed by atoms with Crippen LogP contribution in [0.2, 0.25) is 0 Å². The van der Waals surface area contributed by atoms with Crippen LogP contribution in [-0.2, 0) is 28.8 Å². The topological polar surface area (TPSA) is 126 Å². The smallest absolute Gasteiger partial charge is 0.326 e. The molecule has 1 atom stereocenters. The van der Waals surface area contributed by atoms with Gasteiger partial charge in [0.15, 0.2) is 0 Å². The molecule has 2 aromatic rings. The Kier molecular flexibility index (Phi) is 17.6. The molecule has 184 valence electrons. The van der Waals surface area contributed by atoms with E-state index in [1.165, 1.54) is 24.3 Å². The van der Waals surface area contributed by atoms with Crippen molar-refractivity contribution in [1.82, 2.24) is 0 Å². The molecule has 0 bridgehead atoms. The summed E-state index contributed by atoms with van der Waals surface area (Å²) in [7, 11) is 0. The number of rotatable bonds is 5. The molecule has 34 heavy (non-hydrogen) atoms. The van der Waals surface area contributed by atoms with Crippen molar-refractivity contribution in [2.24, 2.45) is 5.92 Å². The van der Waals surface area contributed by atoms with Gasteiger partial charge >= 0.3 is 12.3 Å². The van der Waals surface area contributed by atoms with E-state index >= 15 is 0 Å². The molecule has 0 aromatic heterocycles. The Morgan fingerprint density at radius 1 is 0.824 bits per heavy atom. The molecule has 0 fully saturated rings. The number of hydrogen-bond acceptors (Lipinski definition) is 6. The maximum atomic E-state index is 12.9. The summed E-state index contributed by atoms with van der Waals surface area (Å²) in [6.07, 6.45) is 1.68. The molecule has 0 radical (unpaired) electrons. The number of carbonyl (C=O) groups is 2. The highest BCUT2D eigenvalue weighted by Crippen LogP contribution is 2.17. The molecule has 10 heteroatoms. The van der Waals surface area contributed by atoms with E-state index < -0.39 is 0 Å². The predicted molar refractivity (Wildman–Crippen MR) is 119 cm³/mol. The van der Waals surface area contributed by atoms with Crippen LogP contribution < -0.4 is 10.6 Å². The molecule has 2 N–H and O–H groups in total. The number of nitrogens with one attached hydrogen (secondary N) is 2. The van der Waals surface area contributed by atoms with E-state index in [-0.39, 0.29) is 41.7 Å². The minimum absolute atomic E-state index is 0.0485. The molecular weight excluding hydrogens is 450 g/mol. The number of halogens is 2. The van der Waals surface area contributed by atoms with Crippen LogP contribution in [0.5, 0.6) is 0 Å². The van der Waals surface area contributed by atoms with E-state index in [1.54, 1.807) is 19.1 Å². The van der Waals surface area contributed by atoms with Crippen LogP contribution >= 0.6 is 0 Å². The third kappa shape index (κ3) is 14.1. The second-order valence-corrected chi connectivity index (χ2v) is 6.79. The van der Waals surface area contributed by atoms with Crippen molar-refractivity contribution in [3.63, 3.8) is 0 Å². The van der Waals surface area contributed by atoms with E-state index in [0.29, 0.717) is 17.8 Å². The fraction of sp³-hybridized carbons (Fsp3) is 0.333. The Morgan fingerprint density at radius 2 is 1.21 bits per heavy atom. The first-order chi connectivity index (χ1) is 16.0. The molecule has 0 heterocycles. The van der Waals surface area contributed by atoms with Crippen LogP contribution in [0.25, 0.3) is 0 Å². The van der Waals surface area contributed by atoms with Gasteiger partial charge in [-0.15, -0.1) is 0 Å². The van der Waals surface area contributed by atoms with Crippen molar-refractivity contribution >= 4 is 35.5 Å². The van der Waals surface area contributed by atoms with Gasteiger partial charge in [-0.05, 0) is 55.7 Å². The molecule has 0 aliphatic carbocycles. The zero-order valence-electron chi connectivity index (χ0n) is 19.7. The summed E-state index contributed by atoms with van der Waals surface area (Å²) >= 11 is 0. The van der Waals surface area contributed by atoms with Crippen LogP contribution in [0.15, 0.2) is 36.4 Å². The fourth-order valence-electron chi connectivity index (χ4n) is 2.14. The number of benzene rings is 2. The van der Waals surface area contributed by atoms with Crippen molar-refractivity contribution in [1.29, 1.82) is 0 Å². The second-order valence-electron chi connectivity index (χ2n) is 6.79. The zero-order valence-corrected chi connectivity index (χ0v) is 19.7. The van der Waals surface area contributed by atoms with Gasteiger partial charge in [0.25, 0.3) is 0 Å². The monoisotopic (exact) mass is 478 g/mol. The second kappa shape index (κ2) is 18.6. The number of aryl methyl sites for hydroxylation is 2. The molecule has 0 saturated carbocycles. The standard InChI is InChI=1S/C12H16FNO.C10H12FNO.2CO2/c1-4-8(2)12(15)14-11-7-10(13)6-5-9(11)3;1-3-10(13)12-9-6-8(11)5-4-7(9)2;2*2-1-3/h5-8H,4H2,1-3H3,(H,14,15);4-6H,3H2,1-2H3,(H,12,13);;. The zero-order chi connectivity index (χ0) is 26.7. The maximum absolute atomic E-state index is 12.9. The third-order valence-corrected chi connectivity index (χ3v) is 4.31. The predicted octanol–water partition coefficient (Wildman–Crippen LogP) is 4.43. The highest BCUT2D eigenvalue weighted by molar-refractivity contribution is 5.93. The first-order valence-corrected chi connectivity index (χ1v) is 10.1. The minimum atomic E-state index is -0.336. The molecular formula is C24H28F2N2O6. The molecule has 2 rings (SSSR count). The summed E-state index contributed by atoms with van der Waals surface area (Å²) in [6.45, 7) is 9.22. The van der Waals surface area contributed by atoms with Crippen molar-refractivity contribution in [2.75, 3.05) is 10.6 Å². The number of carbonyl (C=O) groups excluding carboxylic acids is 6. The molecule has 2 amide bonds. The number of anilines is 2. The Labute approximate surface area is 196 Å². The lowest BCUT2D eigenvalue weighted by atomic mass is 10.1. The summed E-state index contributed by atoms with van der Waals surface area (Å²) in [5.41, 5.74) is 2.84. The summed E-state index contributed by atoms with van der Waals surface area (Å²) in [5.74, 6) is -0.885. The number of amides is 2. The average Bonchev–Trinajstić information content (AvgIpc) is 2.79. The van der Waals surface area contributed by atoms with Crippen LogP contribution in [0.1, 0.15) is 44.7 Å². The minimum Gasteiger partial charge on any atom is -0.326 e. The highest BCUT2D eigenvalue weighted by Gasteiger charge is 2.11. The molecule has 0 spiro atoms. The first kappa shape index (κ1) is 32.2. The largest absolute Gasteiger partial charge is 0.373 e. The Morgan fingerprint density at radius 3 is 1.56 bits per heavy atom. The van der Waals surface area contributed by atoms with E-state index in [4.69, 9.17) is 19.2 Å². The van der Waals surface area contributed by atoms with Gasteiger partial charge in [0.05, 0.1) is 0 Å². The summed E-state index contributed by atoms with van der Waals surface area (Å²) < 4.78 is 25.7. The lowest BCUT2D eigenvalue weighted by Crippen LogP contribution is -2.20. The molecule has 2 aromatic carbocycles. The van der Waals surface area contributed by atoms with Crippen molar-refractivity contribution < 1.29 is 37.5 Å². The first-order valence-electron chi connectivity index (χ1n) is 10.1. The highest BCUT2D eigenvalue weighted by atomic mass is 19.1. The van der Waals surface area contributed by atoms with Gasteiger partial charge in [0.1, 0.15) is 11.6 Å². The van der Waals surface area contributed by atoms with Gasteiger partial charge < -0.3 is 10.6 Å². The number of hydrogen-bond donors (Lipinski definition) is 2. The normalized spacial score (nSPS) is 9.62. The van der Waals surface area contributed by atoms with Gasteiger partial charge in [0.2, 0.25) is 11.8 Å². The van der Waals surface area contributed by atoms with Gasteiger partial charge in [-0.1, -0.05) is 32.9 Å². The van der Waals surface area contributed by atoms with Crippen LogP contribution in [0.4, 0.5) is 20.2 Å². The Hall–Kier alpha value is -4.00. The lowest BCUT2D eigenvalue weighted by Gasteiger charge is -2.11. The van der Waals surface area contributed by atoms with E-state index in [9.17, 15) is 18.4 Å². The molecule has 8 nitrogen and oxygen atoms in total. The van der Waals surface area contributed by atoms with Crippen LogP contribution in [-0.4, -0.2) is 24.1 Å². The van der Waals surface area contributed by atoms with E-state index in [2.05, 4.69) is 10.6 Å². The van der Waals surface area contributed by atoms with Gasteiger partial charge in [0, 0.05) is 23.7 Å². The van der Waals surface area contributed by atoms with Crippen LogP contribution in [0.3, 0.4) is 0 Å². The van der Waals surface area contributed by atoms with Gasteiger partial charge in [-0.3, -0.25) is 9.59 Å². The molecule has 0 aliphatic heterocycles. The maximum Gasteiger partial charge on any atom is 0.373 e. The van der Waals surface area contributed by atoms with E-state index in [0.717, 1.165) is 17.5 Å². The van der Waals surface area contributed by atoms with Crippen molar-refractivity contribution in [3.05, 3.63) is 59.2 Å². The SMILES string of the molecule is CCC(=O)Nc1cc(F)ccc1C.CCC(C)C(=O)Nc1cc(F)ccc1C.O=C=O.O=C=O. The quantitative estimate of drug-likeness (QED) is 0.654. The Balaban J connectivity index is 0. The van der Waals surface area contributed by atoms with Crippen molar-refractivity contribution in [2.45, 2.75) is 47.5 Å². The van der Waals surface area contributed by atoms with Gasteiger partial charge in [-0.25, -0.2) is 8.78 Å². The molecule has 0 saturated heterocycles. The molecule has 1 unspecified atom stereocenters. The van der Waals surface area contributed by atoms with Gasteiger partial charge in [-0.2, -0.15) is 19.2 Å². The van der Waals surface area contributed by atoms with E-state index in [1.807, 2.05) is 27.7 Å². The fourth-order valence-corrected chi connectivity index (χ4v) is 2.14. The Bertz CT molecular complexity index is 987. The molecule has 0 aliphatic rings. The average molecular weight is 478 g/mol. The summed E-state index contributed by atoms with van der Waals surface area (Å²) in [5, 5.41) is 5.34.